The highest BCUT2D eigenvalue weighted by Crippen LogP contribution is 2.30. The van der Waals surface area contributed by atoms with Gasteiger partial charge in [-0.25, -0.2) is 14.3 Å². The first-order valence-corrected chi connectivity index (χ1v) is 9.49. The number of nitrogens with zero attached hydrogens (tertiary/aromatic N) is 3. The largest absolute Gasteiger partial charge is 0.497 e. The molecule has 0 radical (unpaired) electrons. The molecule has 10 heteroatoms. The fourth-order valence-electron chi connectivity index (χ4n) is 3.18. The van der Waals surface area contributed by atoms with E-state index >= 15 is 0 Å². The Morgan fingerprint density at radius 1 is 1.23 bits per heavy atom. The van der Waals surface area contributed by atoms with Crippen molar-refractivity contribution in [3.05, 3.63) is 47.9 Å². The van der Waals surface area contributed by atoms with Crippen molar-refractivity contribution in [3.8, 4) is 5.75 Å². The van der Waals surface area contributed by atoms with Crippen molar-refractivity contribution in [2.24, 2.45) is 0 Å². The average molecular weight is 405 g/mol. The smallest absolute Gasteiger partial charge is 0.326 e. The summed E-state index contributed by atoms with van der Waals surface area (Å²) in [7, 11) is 1.62. The molecule has 5 rings (SSSR count). The van der Waals surface area contributed by atoms with Crippen LogP contribution in [0.1, 0.15) is 18.5 Å². The SMILES string of the molecule is COc1cccc(Nc2cc(NC3CC3)c3ncc(/C=C4\NC(=O)NC4=O)n3n2)c1. The third-order valence-electron chi connectivity index (χ3n) is 4.79. The fraction of sp³-hybridized carbons (Fsp3) is 0.200. The van der Waals surface area contributed by atoms with E-state index < -0.39 is 11.9 Å². The van der Waals surface area contributed by atoms with Gasteiger partial charge in [0.25, 0.3) is 5.91 Å². The number of imidazole rings is 1. The fourth-order valence-corrected chi connectivity index (χ4v) is 3.18. The van der Waals surface area contributed by atoms with Gasteiger partial charge in [0.2, 0.25) is 0 Å². The second-order valence-electron chi connectivity index (χ2n) is 7.10. The summed E-state index contributed by atoms with van der Waals surface area (Å²) in [5, 5.41) is 16.1. The van der Waals surface area contributed by atoms with E-state index in [2.05, 4.69) is 31.3 Å². The Kier molecular flexibility index (Phi) is 4.24. The van der Waals surface area contributed by atoms with Crippen LogP contribution >= 0.6 is 0 Å². The van der Waals surface area contributed by atoms with Crippen LogP contribution in [0.3, 0.4) is 0 Å². The quantitative estimate of drug-likeness (QED) is 0.366. The molecule has 0 bridgehead atoms. The molecule has 30 heavy (non-hydrogen) atoms. The predicted molar refractivity (Wildman–Crippen MR) is 111 cm³/mol. The molecule has 2 fully saturated rings. The summed E-state index contributed by atoms with van der Waals surface area (Å²) in [6, 6.07) is 9.30. The number of imide groups is 1. The molecule has 0 unspecified atom stereocenters. The van der Waals surface area contributed by atoms with E-state index in [1.807, 2.05) is 30.3 Å². The number of carbonyl (C=O) groups excluding carboxylic acids is 2. The summed E-state index contributed by atoms with van der Waals surface area (Å²) in [6.07, 6.45) is 5.37. The molecule has 3 heterocycles. The molecule has 10 nitrogen and oxygen atoms in total. The van der Waals surface area contributed by atoms with Gasteiger partial charge in [0.1, 0.15) is 11.4 Å². The van der Waals surface area contributed by atoms with Crippen LogP contribution in [0.4, 0.5) is 22.0 Å². The molecule has 2 aliphatic rings. The highest BCUT2D eigenvalue weighted by atomic mass is 16.5. The third kappa shape index (κ3) is 3.50. The Labute approximate surface area is 171 Å². The number of rotatable bonds is 6. The number of methoxy groups -OCH3 is 1. The van der Waals surface area contributed by atoms with Gasteiger partial charge in [0, 0.05) is 23.9 Å². The van der Waals surface area contributed by atoms with Crippen molar-refractivity contribution in [2.45, 2.75) is 18.9 Å². The number of amides is 3. The van der Waals surface area contributed by atoms with E-state index in [1.54, 1.807) is 23.9 Å². The maximum absolute atomic E-state index is 11.9. The van der Waals surface area contributed by atoms with Gasteiger partial charge in [-0.3, -0.25) is 10.1 Å². The number of benzene rings is 1. The Bertz CT molecular complexity index is 1200. The lowest BCUT2D eigenvalue weighted by atomic mass is 10.3. The van der Waals surface area contributed by atoms with Crippen molar-refractivity contribution in [1.82, 2.24) is 25.2 Å². The lowest BCUT2D eigenvalue weighted by Crippen LogP contribution is -2.22. The average Bonchev–Trinajstić information content (AvgIpc) is 3.37. The lowest BCUT2D eigenvalue weighted by Gasteiger charge is -2.12. The highest BCUT2D eigenvalue weighted by Gasteiger charge is 2.25. The topological polar surface area (TPSA) is 122 Å². The van der Waals surface area contributed by atoms with E-state index in [-0.39, 0.29) is 5.70 Å². The zero-order chi connectivity index (χ0) is 20.7. The van der Waals surface area contributed by atoms with Gasteiger partial charge >= 0.3 is 6.03 Å². The zero-order valence-corrected chi connectivity index (χ0v) is 16.1. The number of hydrogen-bond donors (Lipinski definition) is 4. The van der Waals surface area contributed by atoms with Crippen molar-refractivity contribution in [2.75, 3.05) is 17.7 Å². The van der Waals surface area contributed by atoms with Crippen LogP contribution in [0.25, 0.3) is 11.7 Å². The first kappa shape index (κ1) is 18.0. The number of aromatic nitrogens is 3. The number of fused-ring (bicyclic) bond motifs is 1. The molecule has 152 valence electrons. The summed E-state index contributed by atoms with van der Waals surface area (Å²) in [4.78, 5) is 27.7. The van der Waals surface area contributed by atoms with Crippen LogP contribution in [0, 0.1) is 0 Å². The maximum Gasteiger partial charge on any atom is 0.326 e. The van der Waals surface area contributed by atoms with E-state index in [4.69, 9.17) is 4.74 Å². The number of anilines is 3. The Hall–Kier alpha value is -4.08. The Morgan fingerprint density at radius 2 is 2.10 bits per heavy atom. The lowest BCUT2D eigenvalue weighted by molar-refractivity contribution is -0.115. The monoisotopic (exact) mass is 405 g/mol. The number of nitrogens with one attached hydrogen (secondary N) is 4. The van der Waals surface area contributed by atoms with Crippen LogP contribution in [0.15, 0.2) is 42.2 Å². The van der Waals surface area contributed by atoms with Gasteiger partial charge in [-0.1, -0.05) is 6.07 Å². The maximum atomic E-state index is 11.9. The first-order chi connectivity index (χ1) is 14.6. The molecule has 1 saturated heterocycles. The van der Waals surface area contributed by atoms with Crippen molar-refractivity contribution < 1.29 is 14.3 Å². The minimum atomic E-state index is -0.551. The molecule has 1 aliphatic heterocycles. The van der Waals surface area contributed by atoms with E-state index in [9.17, 15) is 9.59 Å². The van der Waals surface area contributed by atoms with Gasteiger partial charge in [0.15, 0.2) is 11.5 Å². The first-order valence-electron chi connectivity index (χ1n) is 9.49. The molecular formula is C20H19N7O3. The van der Waals surface area contributed by atoms with Gasteiger partial charge in [0.05, 0.1) is 24.7 Å². The third-order valence-corrected chi connectivity index (χ3v) is 4.79. The molecule has 3 amide bonds. The number of hydrogen-bond acceptors (Lipinski definition) is 7. The Morgan fingerprint density at radius 3 is 2.83 bits per heavy atom. The van der Waals surface area contributed by atoms with Gasteiger partial charge in [-0.15, -0.1) is 5.10 Å². The minimum Gasteiger partial charge on any atom is -0.497 e. The van der Waals surface area contributed by atoms with Crippen molar-refractivity contribution in [3.63, 3.8) is 0 Å². The van der Waals surface area contributed by atoms with Gasteiger partial charge in [-0.05, 0) is 31.1 Å². The van der Waals surface area contributed by atoms with Crippen LogP contribution in [-0.2, 0) is 4.79 Å². The zero-order valence-electron chi connectivity index (χ0n) is 16.1. The molecule has 4 N–H and O–H groups in total. The molecule has 1 aromatic carbocycles. The summed E-state index contributed by atoms with van der Waals surface area (Å²) in [5.41, 5.74) is 3.00. The Balaban J connectivity index is 1.56. The highest BCUT2D eigenvalue weighted by molar-refractivity contribution is 6.13. The molecule has 0 atom stereocenters. The molecule has 1 aliphatic carbocycles. The second kappa shape index (κ2) is 7.07. The summed E-state index contributed by atoms with van der Waals surface area (Å²) < 4.78 is 6.92. The molecule has 2 aromatic heterocycles. The van der Waals surface area contributed by atoms with Crippen molar-refractivity contribution >= 4 is 40.9 Å². The van der Waals surface area contributed by atoms with E-state index in [0.717, 1.165) is 30.0 Å². The molecular weight excluding hydrogens is 386 g/mol. The standard InChI is InChI=1S/C20H19N7O3/c1-30-14-4-2-3-12(7-14)23-17-9-15(22-11-5-6-11)18-21-10-13(27(18)26-17)8-16-19(28)25-20(29)24-16/h2-4,7-11,22H,5-6H2,1H3,(H,23,26)(H2,24,25,28,29)/b16-8-. The number of ether oxygens (including phenoxy) is 1. The van der Waals surface area contributed by atoms with Crippen molar-refractivity contribution in [1.29, 1.82) is 0 Å². The van der Waals surface area contributed by atoms with Crippen LogP contribution in [0.5, 0.6) is 5.75 Å². The van der Waals surface area contributed by atoms with Crippen LogP contribution in [-0.4, -0.2) is 39.7 Å². The summed E-state index contributed by atoms with van der Waals surface area (Å²) in [5.74, 6) is 0.835. The summed E-state index contributed by atoms with van der Waals surface area (Å²) in [6.45, 7) is 0. The summed E-state index contributed by atoms with van der Waals surface area (Å²) >= 11 is 0. The molecule has 0 spiro atoms. The number of carbonyl (C=O) groups is 2. The van der Waals surface area contributed by atoms with E-state index in [1.165, 1.54) is 0 Å². The molecule has 1 saturated carbocycles. The molecule has 3 aromatic rings. The number of urea groups is 1. The van der Waals surface area contributed by atoms with Gasteiger partial charge < -0.3 is 20.7 Å². The van der Waals surface area contributed by atoms with Gasteiger partial charge in [-0.2, -0.15) is 0 Å². The second-order valence-corrected chi connectivity index (χ2v) is 7.10. The predicted octanol–water partition coefficient (Wildman–Crippen LogP) is 2.24. The van der Waals surface area contributed by atoms with Crippen LogP contribution in [0.2, 0.25) is 0 Å². The minimum absolute atomic E-state index is 0.145. The van der Waals surface area contributed by atoms with Crippen LogP contribution < -0.4 is 26.0 Å². The normalized spacial score (nSPS) is 17.2. The van der Waals surface area contributed by atoms with E-state index in [0.29, 0.717) is 23.2 Å².